The SMILES string of the molecule is O=C(O)CCCNCCn1nnnc1SCC1=C(C(=O)O)N2C(=O)C(NCC(O)c3ccccc3)[C@@H]2SC1. The molecule has 5 N–H and O–H groups in total. The zero-order chi connectivity index (χ0) is 27.1. The molecule has 4 rings (SSSR count). The number of β-lactam (4-membered cyclic amide) rings is 1. The van der Waals surface area contributed by atoms with Crippen LogP contribution in [0.25, 0.3) is 0 Å². The zero-order valence-electron chi connectivity index (χ0n) is 20.4. The lowest BCUT2D eigenvalue weighted by atomic mass is 10.0. The van der Waals surface area contributed by atoms with E-state index in [2.05, 4.69) is 26.2 Å². The number of fused-ring (bicyclic) bond motifs is 1. The highest BCUT2D eigenvalue weighted by Crippen LogP contribution is 2.41. The Morgan fingerprint density at radius 2 is 2.00 bits per heavy atom. The van der Waals surface area contributed by atoms with Gasteiger partial charge in [0.1, 0.15) is 17.1 Å². The molecule has 0 bridgehead atoms. The third-order valence-electron chi connectivity index (χ3n) is 6.08. The van der Waals surface area contributed by atoms with Gasteiger partial charge in [0.15, 0.2) is 0 Å². The fourth-order valence-corrected chi connectivity index (χ4v) is 6.56. The number of thioether (sulfide) groups is 2. The van der Waals surface area contributed by atoms with Crippen molar-refractivity contribution in [3.63, 3.8) is 0 Å². The third kappa shape index (κ3) is 6.71. The van der Waals surface area contributed by atoms with Crippen LogP contribution in [0.1, 0.15) is 24.5 Å². The molecule has 2 aliphatic rings. The fourth-order valence-electron chi connectivity index (χ4n) is 4.15. The molecule has 0 saturated carbocycles. The number of amides is 1. The predicted octanol–water partition coefficient (Wildman–Crippen LogP) is 0.165. The topological polar surface area (TPSA) is 183 Å². The Morgan fingerprint density at radius 1 is 1.21 bits per heavy atom. The highest BCUT2D eigenvalue weighted by Gasteiger charge is 2.53. The summed E-state index contributed by atoms with van der Waals surface area (Å²) in [7, 11) is 0. The van der Waals surface area contributed by atoms with Crippen molar-refractivity contribution in [3.05, 3.63) is 47.2 Å². The molecule has 1 saturated heterocycles. The first kappa shape index (κ1) is 28.0. The van der Waals surface area contributed by atoms with Gasteiger partial charge < -0.3 is 26.0 Å². The minimum Gasteiger partial charge on any atom is -0.481 e. The summed E-state index contributed by atoms with van der Waals surface area (Å²) in [5, 5.41) is 47.1. The van der Waals surface area contributed by atoms with Crippen molar-refractivity contribution in [1.82, 2.24) is 35.7 Å². The van der Waals surface area contributed by atoms with Crippen molar-refractivity contribution in [3.8, 4) is 0 Å². The molecule has 1 aromatic heterocycles. The molecule has 0 radical (unpaired) electrons. The molecule has 38 heavy (non-hydrogen) atoms. The highest BCUT2D eigenvalue weighted by molar-refractivity contribution is 8.01. The largest absolute Gasteiger partial charge is 0.481 e. The van der Waals surface area contributed by atoms with E-state index in [0.29, 0.717) is 48.3 Å². The number of aliphatic carboxylic acids is 2. The minimum absolute atomic E-state index is 0.00738. The maximum Gasteiger partial charge on any atom is 0.352 e. The second-order valence-corrected chi connectivity index (χ2v) is 10.7. The van der Waals surface area contributed by atoms with Crippen molar-refractivity contribution < 1.29 is 29.7 Å². The van der Waals surface area contributed by atoms with E-state index in [9.17, 15) is 24.6 Å². The van der Waals surface area contributed by atoms with E-state index < -0.39 is 24.1 Å². The van der Waals surface area contributed by atoms with Gasteiger partial charge in [-0.25, -0.2) is 9.48 Å². The van der Waals surface area contributed by atoms with E-state index in [4.69, 9.17) is 5.11 Å². The number of aliphatic hydroxyl groups is 1. The van der Waals surface area contributed by atoms with Crippen molar-refractivity contribution in [1.29, 1.82) is 0 Å². The Morgan fingerprint density at radius 3 is 2.74 bits per heavy atom. The molecular weight excluding hydrogens is 534 g/mol. The zero-order valence-corrected chi connectivity index (χ0v) is 22.0. The Bertz CT molecular complexity index is 1180. The molecule has 15 heteroatoms. The van der Waals surface area contributed by atoms with Crippen LogP contribution in [-0.2, 0) is 20.9 Å². The smallest absolute Gasteiger partial charge is 0.352 e. The number of nitrogens with zero attached hydrogens (tertiary/aromatic N) is 5. The second-order valence-electron chi connectivity index (χ2n) is 8.70. The van der Waals surface area contributed by atoms with E-state index >= 15 is 0 Å². The lowest BCUT2D eigenvalue weighted by Crippen LogP contribution is -2.70. The standard InChI is InChI=1S/C23H29N7O6S2/c31-16(14-5-2-1-3-6-14)11-25-18-20(34)30-19(22(35)36)15(12-37-21(18)30)13-38-23-26-27-28-29(23)10-9-24-8-4-7-17(32)33/h1-3,5-6,16,18,21,24-25,31H,4,7-13H2,(H,32,33)(H,35,36)/t16?,18?,21-/m0/s1. The number of carboxylic acid groups (broad SMARTS) is 2. The van der Waals surface area contributed by atoms with Gasteiger partial charge in [0.25, 0.3) is 0 Å². The van der Waals surface area contributed by atoms with Crippen LogP contribution in [0.2, 0.25) is 0 Å². The van der Waals surface area contributed by atoms with Gasteiger partial charge >= 0.3 is 11.9 Å². The maximum absolute atomic E-state index is 12.9. The molecule has 0 spiro atoms. The number of hydrogen-bond acceptors (Lipinski definition) is 11. The molecule has 1 fully saturated rings. The van der Waals surface area contributed by atoms with Crippen LogP contribution < -0.4 is 10.6 Å². The molecule has 2 aliphatic heterocycles. The number of benzene rings is 1. The van der Waals surface area contributed by atoms with E-state index in [0.717, 1.165) is 5.56 Å². The number of carbonyl (C=O) groups is 3. The number of carbonyl (C=O) groups excluding carboxylic acids is 1. The second kappa shape index (κ2) is 13.2. The molecule has 2 aromatic rings. The first-order chi connectivity index (χ1) is 18.4. The molecule has 13 nitrogen and oxygen atoms in total. The number of tetrazole rings is 1. The van der Waals surface area contributed by atoms with E-state index in [1.165, 1.54) is 28.4 Å². The van der Waals surface area contributed by atoms with Crippen LogP contribution in [0.5, 0.6) is 0 Å². The van der Waals surface area contributed by atoms with Crippen LogP contribution in [0.15, 0.2) is 46.8 Å². The average molecular weight is 564 g/mol. The molecule has 3 heterocycles. The summed E-state index contributed by atoms with van der Waals surface area (Å²) in [6, 6.07) is 8.56. The predicted molar refractivity (Wildman–Crippen MR) is 139 cm³/mol. The summed E-state index contributed by atoms with van der Waals surface area (Å²) in [5.41, 5.74) is 1.34. The van der Waals surface area contributed by atoms with Crippen molar-refractivity contribution >= 4 is 41.4 Å². The summed E-state index contributed by atoms with van der Waals surface area (Å²) in [5.74, 6) is -1.58. The van der Waals surface area contributed by atoms with Crippen molar-refractivity contribution in [2.45, 2.75) is 42.1 Å². The van der Waals surface area contributed by atoms with Gasteiger partial charge in [0.05, 0.1) is 12.6 Å². The number of aromatic nitrogens is 4. The Kier molecular flexibility index (Phi) is 9.74. The van der Waals surface area contributed by atoms with Gasteiger partial charge in [-0.05, 0) is 34.5 Å². The Balaban J connectivity index is 1.31. The number of nitrogens with one attached hydrogen (secondary N) is 2. The van der Waals surface area contributed by atoms with E-state index in [-0.39, 0.29) is 29.9 Å². The highest BCUT2D eigenvalue weighted by atomic mass is 32.2. The van der Waals surface area contributed by atoms with Gasteiger partial charge in [-0.15, -0.1) is 16.9 Å². The summed E-state index contributed by atoms with van der Waals surface area (Å²) >= 11 is 2.78. The van der Waals surface area contributed by atoms with E-state index in [1.807, 2.05) is 18.2 Å². The van der Waals surface area contributed by atoms with Gasteiger partial charge in [0.2, 0.25) is 11.1 Å². The van der Waals surface area contributed by atoms with Gasteiger partial charge in [-0.2, -0.15) is 0 Å². The molecule has 3 atom stereocenters. The number of aliphatic hydroxyl groups excluding tert-OH is 1. The summed E-state index contributed by atoms with van der Waals surface area (Å²) in [6.07, 6.45) is -0.152. The van der Waals surface area contributed by atoms with Crippen LogP contribution in [0, 0.1) is 0 Å². The average Bonchev–Trinajstić information content (AvgIpc) is 3.36. The molecule has 2 unspecified atom stereocenters. The van der Waals surface area contributed by atoms with Crippen LogP contribution >= 0.6 is 23.5 Å². The lowest BCUT2D eigenvalue weighted by molar-refractivity contribution is -0.149. The molecule has 0 aliphatic carbocycles. The van der Waals surface area contributed by atoms with E-state index in [1.54, 1.807) is 16.8 Å². The van der Waals surface area contributed by atoms with Crippen LogP contribution in [0.4, 0.5) is 0 Å². The third-order valence-corrected chi connectivity index (χ3v) is 8.47. The monoisotopic (exact) mass is 563 g/mol. The minimum atomic E-state index is -1.16. The molecule has 1 aromatic carbocycles. The van der Waals surface area contributed by atoms with Crippen molar-refractivity contribution in [2.75, 3.05) is 31.1 Å². The molecule has 204 valence electrons. The maximum atomic E-state index is 12.9. The molecular formula is C23H29N7O6S2. The summed E-state index contributed by atoms with van der Waals surface area (Å²) in [6.45, 7) is 1.76. The molecule has 1 amide bonds. The lowest BCUT2D eigenvalue weighted by Gasteiger charge is -2.49. The normalized spacial score (nSPS) is 19.7. The first-order valence-electron chi connectivity index (χ1n) is 12.0. The van der Waals surface area contributed by atoms with Crippen LogP contribution in [0.3, 0.4) is 0 Å². The Hall–Kier alpha value is -2.98. The summed E-state index contributed by atoms with van der Waals surface area (Å²) in [4.78, 5) is 36.9. The quantitative estimate of drug-likeness (QED) is 0.112. The Labute approximate surface area is 227 Å². The summed E-state index contributed by atoms with van der Waals surface area (Å²) < 4.78 is 1.60. The van der Waals surface area contributed by atoms with Gasteiger partial charge in [0, 0.05) is 31.0 Å². The van der Waals surface area contributed by atoms with Gasteiger partial charge in [-0.3, -0.25) is 14.5 Å². The number of rotatable bonds is 15. The number of carboxylic acids is 2. The van der Waals surface area contributed by atoms with Crippen molar-refractivity contribution in [2.24, 2.45) is 0 Å². The fraction of sp³-hybridized carbons (Fsp3) is 0.478. The first-order valence-corrected chi connectivity index (χ1v) is 14.1. The number of hydrogen-bond donors (Lipinski definition) is 5. The van der Waals surface area contributed by atoms with Gasteiger partial charge in [-0.1, -0.05) is 42.1 Å². The van der Waals surface area contributed by atoms with Crippen LogP contribution in [-0.4, -0.2) is 101 Å².